The van der Waals surface area contributed by atoms with Crippen molar-refractivity contribution in [2.45, 2.75) is 18.2 Å². The van der Waals surface area contributed by atoms with Crippen molar-refractivity contribution < 1.29 is 4.74 Å². The predicted octanol–water partition coefficient (Wildman–Crippen LogP) is 5.03. The van der Waals surface area contributed by atoms with E-state index in [1.54, 1.807) is 0 Å². The van der Waals surface area contributed by atoms with Crippen molar-refractivity contribution in [2.75, 3.05) is 13.2 Å². The number of hydrogen-bond acceptors (Lipinski definition) is 1. The maximum Gasteiger partial charge on any atom is 0.0635 e. The van der Waals surface area contributed by atoms with Crippen LogP contribution in [-0.2, 0) is 4.74 Å². The van der Waals surface area contributed by atoms with E-state index in [1.165, 1.54) is 27.4 Å². The Bertz CT molecular complexity index is 773. The summed E-state index contributed by atoms with van der Waals surface area (Å²) in [5.74, 6) is 0.420. The predicted molar refractivity (Wildman–Crippen MR) is 87.9 cm³/mol. The van der Waals surface area contributed by atoms with Crippen molar-refractivity contribution in [3.05, 3.63) is 48.0 Å². The quantitative estimate of drug-likeness (QED) is 0.660. The number of alkyl halides is 1. The molecule has 0 amide bonds. The second-order valence-electron chi connectivity index (χ2n) is 5.85. The monoisotopic (exact) mass is 299 g/mol. The van der Waals surface area contributed by atoms with Gasteiger partial charge >= 0.3 is 0 Å². The first-order valence-corrected chi connectivity index (χ1v) is 7.99. The Kier molecular flexibility index (Phi) is 3.36. The van der Waals surface area contributed by atoms with Crippen molar-refractivity contribution in [3.63, 3.8) is 0 Å². The maximum atomic E-state index is 6.71. The fourth-order valence-corrected chi connectivity index (χ4v) is 3.64. The van der Waals surface area contributed by atoms with Crippen LogP contribution in [0.1, 0.15) is 23.8 Å². The number of para-hydroxylation sites is 1. The normalized spacial score (nSPS) is 20.9. The van der Waals surface area contributed by atoms with Crippen molar-refractivity contribution in [2.24, 2.45) is 5.92 Å². The molecule has 1 aliphatic heterocycles. The van der Waals surface area contributed by atoms with Gasteiger partial charge in [-0.15, -0.1) is 11.6 Å². The van der Waals surface area contributed by atoms with Gasteiger partial charge in [0.05, 0.1) is 12.0 Å². The molecule has 1 N–H and O–H groups in total. The molecule has 2 heterocycles. The molecule has 108 valence electrons. The molecule has 0 bridgehead atoms. The van der Waals surface area contributed by atoms with Gasteiger partial charge in [0.25, 0.3) is 0 Å². The molecule has 1 aromatic heterocycles. The van der Waals surface area contributed by atoms with Gasteiger partial charge in [-0.25, -0.2) is 0 Å². The molecule has 21 heavy (non-hydrogen) atoms. The number of halogens is 1. The van der Waals surface area contributed by atoms with Crippen LogP contribution in [0.5, 0.6) is 0 Å². The Hall–Kier alpha value is -1.51. The van der Waals surface area contributed by atoms with Gasteiger partial charge in [-0.3, -0.25) is 0 Å². The van der Waals surface area contributed by atoms with E-state index in [0.717, 1.165) is 26.1 Å². The lowest BCUT2D eigenvalue weighted by Crippen LogP contribution is -2.21. The van der Waals surface area contributed by atoms with Gasteiger partial charge in [-0.05, 0) is 36.6 Å². The molecule has 0 saturated carbocycles. The van der Waals surface area contributed by atoms with Crippen molar-refractivity contribution >= 4 is 33.4 Å². The zero-order valence-electron chi connectivity index (χ0n) is 11.8. The lowest BCUT2D eigenvalue weighted by atomic mass is 9.93. The zero-order valence-corrected chi connectivity index (χ0v) is 12.6. The molecule has 2 unspecified atom stereocenters. The molecular weight excluding hydrogens is 282 g/mol. The molecule has 2 nitrogen and oxygen atoms in total. The number of nitrogens with one attached hydrogen (secondary N) is 1. The third-order valence-corrected chi connectivity index (χ3v) is 5.07. The minimum absolute atomic E-state index is 0.0309. The Morgan fingerprint density at radius 2 is 1.95 bits per heavy atom. The minimum atomic E-state index is 0.0309. The number of benzene rings is 2. The van der Waals surface area contributed by atoms with Crippen LogP contribution in [0.4, 0.5) is 0 Å². The molecule has 2 aromatic carbocycles. The number of aromatic nitrogens is 1. The molecule has 0 spiro atoms. The first-order valence-electron chi connectivity index (χ1n) is 7.55. The largest absolute Gasteiger partial charge is 0.381 e. The average molecular weight is 300 g/mol. The molecule has 2 atom stereocenters. The SMILES string of the molecule is ClC(c1ccc2[nH]c3ccccc3c2c1)C1CCCOC1. The maximum absolute atomic E-state index is 6.71. The van der Waals surface area contributed by atoms with Gasteiger partial charge in [0, 0.05) is 34.3 Å². The van der Waals surface area contributed by atoms with Crippen LogP contribution in [0.3, 0.4) is 0 Å². The lowest BCUT2D eigenvalue weighted by Gasteiger charge is -2.26. The van der Waals surface area contributed by atoms with Crippen LogP contribution in [0.25, 0.3) is 21.8 Å². The van der Waals surface area contributed by atoms with Crippen LogP contribution < -0.4 is 0 Å². The van der Waals surface area contributed by atoms with Gasteiger partial charge in [0.15, 0.2) is 0 Å². The van der Waals surface area contributed by atoms with E-state index in [0.29, 0.717) is 5.92 Å². The fraction of sp³-hybridized carbons (Fsp3) is 0.333. The van der Waals surface area contributed by atoms with E-state index in [9.17, 15) is 0 Å². The van der Waals surface area contributed by atoms with E-state index in [-0.39, 0.29) is 5.38 Å². The first-order chi connectivity index (χ1) is 10.3. The molecule has 1 saturated heterocycles. The van der Waals surface area contributed by atoms with Crippen LogP contribution in [-0.4, -0.2) is 18.2 Å². The summed E-state index contributed by atoms with van der Waals surface area (Å²) < 4.78 is 5.58. The highest BCUT2D eigenvalue weighted by Crippen LogP contribution is 2.36. The minimum Gasteiger partial charge on any atom is -0.381 e. The summed E-state index contributed by atoms with van der Waals surface area (Å²) in [6.07, 6.45) is 2.27. The van der Waals surface area contributed by atoms with Crippen LogP contribution in [0, 0.1) is 5.92 Å². The Balaban J connectivity index is 1.76. The highest BCUT2D eigenvalue weighted by molar-refractivity contribution is 6.21. The van der Waals surface area contributed by atoms with E-state index < -0.39 is 0 Å². The van der Waals surface area contributed by atoms with Gasteiger partial charge in [-0.1, -0.05) is 24.3 Å². The Morgan fingerprint density at radius 3 is 2.81 bits per heavy atom. The van der Waals surface area contributed by atoms with E-state index in [2.05, 4.69) is 47.4 Å². The summed E-state index contributed by atoms with van der Waals surface area (Å²) >= 11 is 6.71. The lowest BCUT2D eigenvalue weighted by molar-refractivity contribution is 0.0531. The molecular formula is C18H18ClNO. The van der Waals surface area contributed by atoms with Crippen LogP contribution >= 0.6 is 11.6 Å². The molecule has 0 aliphatic carbocycles. The molecule has 4 rings (SSSR count). The summed E-state index contributed by atoms with van der Waals surface area (Å²) in [5, 5.41) is 2.55. The molecule has 0 radical (unpaired) electrons. The van der Waals surface area contributed by atoms with Gasteiger partial charge in [0.1, 0.15) is 0 Å². The van der Waals surface area contributed by atoms with E-state index >= 15 is 0 Å². The summed E-state index contributed by atoms with van der Waals surface area (Å²) in [5.41, 5.74) is 3.55. The Labute approximate surface area is 129 Å². The van der Waals surface area contributed by atoms with Crippen molar-refractivity contribution in [3.8, 4) is 0 Å². The van der Waals surface area contributed by atoms with Gasteiger partial charge in [-0.2, -0.15) is 0 Å². The summed E-state index contributed by atoms with van der Waals surface area (Å²) in [6.45, 7) is 1.65. The summed E-state index contributed by atoms with van der Waals surface area (Å²) in [6, 6.07) is 14.9. The second kappa shape index (κ2) is 5.36. The number of fused-ring (bicyclic) bond motifs is 3. The number of ether oxygens (including phenoxy) is 1. The van der Waals surface area contributed by atoms with E-state index in [4.69, 9.17) is 16.3 Å². The van der Waals surface area contributed by atoms with Gasteiger partial charge in [0.2, 0.25) is 0 Å². The smallest absolute Gasteiger partial charge is 0.0635 e. The molecule has 3 aromatic rings. The van der Waals surface area contributed by atoms with Crippen LogP contribution in [0.2, 0.25) is 0 Å². The topological polar surface area (TPSA) is 25.0 Å². The van der Waals surface area contributed by atoms with Crippen molar-refractivity contribution in [1.82, 2.24) is 4.98 Å². The molecule has 1 fully saturated rings. The molecule has 3 heteroatoms. The number of aromatic amines is 1. The molecule has 1 aliphatic rings. The zero-order chi connectivity index (χ0) is 14.2. The Morgan fingerprint density at radius 1 is 1.10 bits per heavy atom. The highest BCUT2D eigenvalue weighted by atomic mass is 35.5. The van der Waals surface area contributed by atoms with E-state index in [1.807, 2.05) is 0 Å². The summed E-state index contributed by atoms with van der Waals surface area (Å²) in [4.78, 5) is 3.46. The second-order valence-corrected chi connectivity index (χ2v) is 6.32. The van der Waals surface area contributed by atoms with Crippen LogP contribution in [0.15, 0.2) is 42.5 Å². The fourth-order valence-electron chi connectivity index (χ4n) is 3.31. The average Bonchev–Trinajstić information content (AvgIpc) is 2.93. The highest BCUT2D eigenvalue weighted by Gasteiger charge is 2.24. The van der Waals surface area contributed by atoms with Crippen molar-refractivity contribution in [1.29, 1.82) is 0 Å². The standard InChI is InChI=1S/C18H18ClNO/c19-18(13-4-3-9-21-11-13)12-7-8-17-15(10-12)14-5-1-2-6-16(14)20-17/h1-2,5-8,10,13,18,20H,3-4,9,11H2. The summed E-state index contributed by atoms with van der Waals surface area (Å²) in [7, 11) is 0. The third kappa shape index (κ3) is 2.33. The third-order valence-electron chi connectivity index (χ3n) is 4.46. The number of H-pyrrole nitrogens is 1. The first kappa shape index (κ1) is 13.2. The number of hydrogen-bond donors (Lipinski definition) is 1. The van der Waals surface area contributed by atoms with Gasteiger partial charge < -0.3 is 9.72 Å². The number of rotatable bonds is 2.